The Morgan fingerprint density at radius 2 is 2.15 bits per heavy atom. The second kappa shape index (κ2) is 5.86. The van der Waals surface area contributed by atoms with Gasteiger partial charge in [-0.25, -0.2) is 0 Å². The summed E-state index contributed by atoms with van der Waals surface area (Å²) in [6, 6.07) is 5.50. The quantitative estimate of drug-likeness (QED) is 0.783. The van der Waals surface area contributed by atoms with Crippen LogP contribution in [-0.2, 0) is 6.61 Å². The van der Waals surface area contributed by atoms with Crippen molar-refractivity contribution < 1.29 is 14.1 Å². The number of Topliss-reactive ketones (excluding diaryl/α,β-unsaturated/α-hetero) is 1. The Bertz CT molecular complexity index is 617. The van der Waals surface area contributed by atoms with Gasteiger partial charge >= 0.3 is 0 Å². The molecule has 0 saturated carbocycles. The van der Waals surface area contributed by atoms with Gasteiger partial charge in [0, 0.05) is 5.92 Å². The molecule has 0 bridgehead atoms. The van der Waals surface area contributed by atoms with E-state index in [1.807, 2.05) is 32.9 Å². The van der Waals surface area contributed by atoms with Crippen molar-refractivity contribution in [2.75, 3.05) is 0 Å². The zero-order valence-electron chi connectivity index (χ0n) is 12.1. The Labute approximate surface area is 118 Å². The summed E-state index contributed by atoms with van der Waals surface area (Å²) in [7, 11) is 0. The van der Waals surface area contributed by atoms with Gasteiger partial charge in [0.05, 0.1) is 5.56 Å². The number of nitrogens with zero attached hydrogens (tertiary/aromatic N) is 2. The molecule has 0 saturated heterocycles. The van der Waals surface area contributed by atoms with Gasteiger partial charge in [0.25, 0.3) is 0 Å². The molecule has 2 rings (SSSR count). The van der Waals surface area contributed by atoms with E-state index in [9.17, 15) is 4.79 Å². The number of hydrogen-bond acceptors (Lipinski definition) is 5. The second-order valence-electron chi connectivity index (χ2n) is 5.05. The number of rotatable bonds is 5. The molecular weight excluding hydrogens is 256 g/mol. The van der Waals surface area contributed by atoms with Gasteiger partial charge in [-0.2, -0.15) is 4.98 Å². The van der Waals surface area contributed by atoms with Crippen molar-refractivity contribution in [2.24, 2.45) is 0 Å². The molecule has 1 aromatic heterocycles. The molecule has 5 nitrogen and oxygen atoms in total. The van der Waals surface area contributed by atoms with Crippen LogP contribution in [0.2, 0.25) is 0 Å². The van der Waals surface area contributed by atoms with Gasteiger partial charge in [-0.3, -0.25) is 4.79 Å². The van der Waals surface area contributed by atoms with Gasteiger partial charge in [0.1, 0.15) is 5.75 Å². The van der Waals surface area contributed by atoms with Crippen LogP contribution in [0.3, 0.4) is 0 Å². The Morgan fingerprint density at radius 1 is 1.40 bits per heavy atom. The summed E-state index contributed by atoms with van der Waals surface area (Å²) in [6.45, 7) is 7.59. The molecule has 106 valence electrons. The molecule has 0 aliphatic rings. The average Bonchev–Trinajstić information content (AvgIpc) is 2.86. The normalized spacial score (nSPS) is 10.8. The Balaban J connectivity index is 2.12. The highest BCUT2D eigenvalue weighted by Crippen LogP contribution is 2.21. The lowest BCUT2D eigenvalue weighted by atomic mass is 10.1. The van der Waals surface area contributed by atoms with Crippen molar-refractivity contribution in [1.29, 1.82) is 0 Å². The Hall–Kier alpha value is -2.17. The van der Waals surface area contributed by atoms with E-state index in [0.717, 1.165) is 5.56 Å². The van der Waals surface area contributed by atoms with Crippen molar-refractivity contribution in [3.05, 3.63) is 41.0 Å². The van der Waals surface area contributed by atoms with Crippen LogP contribution in [0.25, 0.3) is 0 Å². The molecule has 1 heterocycles. The number of ketones is 1. The minimum absolute atomic E-state index is 0.0281. The summed E-state index contributed by atoms with van der Waals surface area (Å²) in [5.41, 5.74) is 1.58. The van der Waals surface area contributed by atoms with Crippen molar-refractivity contribution in [2.45, 2.75) is 40.2 Å². The van der Waals surface area contributed by atoms with Crippen LogP contribution < -0.4 is 4.74 Å². The monoisotopic (exact) mass is 274 g/mol. The van der Waals surface area contributed by atoms with Crippen LogP contribution in [0.1, 0.15) is 54.3 Å². The van der Waals surface area contributed by atoms with Crippen LogP contribution in [0.15, 0.2) is 22.7 Å². The predicted octanol–water partition coefficient (Wildman–Crippen LogP) is 3.28. The zero-order valence-corrected chi connectivity index (χ0v) is 12.1. The van der Waals surface area contributed by atoms with Gasteiger partial charge in [-0.15, -0.1) is 0 Å². The fourth-order valence-electron chi connectivity index (χ4n) is 1.75. The minimum Gasteiger partial charge on any atom is -0.485 e. The molecule has 0 atom stereocenters. The van der Waals surface area contributed by atoms with Gasteiger partial charge in [-0.1, -0.05) is 30.6 Å². The molecule has 0 fully saturated rings. The van der Waals surface area contributed by atoms with E-state index in [1.54, 1.807) is 6.07 Å². The molecule has 0 unspecified atom stereocenters. The van der Waals surface area contributed by atoms with Crippen molar-refractivity contribution >= 4 is 5.78 Å². The zero-order chi connectivity index (χ0) is 14.7. The molecule has 5 heteroatoms. The van der Waals surface area contributed by atoms with Crippen LogP contribution >= 0.6 is 0 Å². The number of benzene rings is 1. The van der Waals surface area contributed by atoms with E-state index in [1.165, 1.54) is 6.92 Å². The van der Waals surface area contributed by atoms with Gasteiger partial charge in [-0.05, 0) is 26.0 Å². The fourth-order valence-corrected chi connectivity index (χ4v) is 1.75. The summed E-state index contributed by atoms with van der Waals surface area (Å²) in [6.07, 6.45) is 0. The van der Waals surface area contributed by atoms with Crippen LogP contribution in [0, 0.1) is 6.92 Å². The summed E-state index contributed by atoms with van der Waals surface area (Å²) in [4.78, 5) is 15.8. The number of aromatic nitrogens is 2. The summed E-state index contributed by atoms with van der Waals surface area (Å²) in [5.74, 6) is 1.75. The maximum atomic E-state index is 11.6. The lowest BCUT2D eigenvalue weighted by Crippen LogP contribution is -2.03. The van der Waals surface area contributed by atoms with Gasteiger partial charge in [0.2, 0.25) is 11.7 Å². The third-order valence-electron chi connectivity index (χ3n) is 2.85. The molecule has 20 heavy (non-hydrogen) atoms. The van der Waals surface area contributed by atoms with Crippen molar-refractivity contribution in [3.8, 4) is 5.75 Å². The van der Waals surface area contributed by atoms with E-state index in [4.69, 9.17) is 9.26 Å². The maximum absolute atomic E-state index is 11.6. The molecule has 0 N–H and O–H groups in total. The first-order chi connectivity index (χ1) is 9.47. The first-order valence-corrected chi connectivity index (χ1v) is 6.54. The Kier molecular flexibility index (Phi) is 4.17. The lowest BCUT2D eigenvalue weighted by molar-refractivity contribution is 0.101. The van der Waals surface area contributed by atoms with E-state index in [-0.39, 0.29) is 18.3 Å². The molecule has 1 aromatic carbocycles. The standard InChI is InChI=1S/C15H18N2O3/c1-9(2)15-16-14(17-20-15)8-19-13-6-5-10(3)7-12(13)11(4)18/h5-7,9H,8H2,1-4H3. The topological polar surface area (TPSA) is 65.2 Å². The van der Waals surface area contributed by atoms with Crippen LogP contribution in [0.5, 0.6) is 5.75 Å². The van der Waals surface area contributed by atoms with E-state index >= 15 is 0 Å². The highest BCUT2D eigenvalue weighted by Gasteiger charge is 2.12. The largest absolute Gasteiger partial charge is 0.485 e. The summed E-state index contributed by atoms with van der Waals surface area (Å²) < 4.78 is 10.7. The number of hydrogen-bond donors (Lipinski definition) is 0. The fraction of sp³-hybridized carbons (Fsp3) is 0.400. The number of ether oxygens (including phenoxy) is 1. The van der Waals surface area contributed by atoms with Crippen molar-refractivity contribution in [1.82, 2.24) is 10.1 Å². The smallest absolute Gasteiger partial charge is 0.229 e. The predicted molar refractivity (Wildman–Crippen MR) is 73.9 cm³/mol. The SMILES string of the molecule is CC(=O)c1cc(C)ccc1OCc1noc(C(C)C)n1. The minimum atomic E-state index is -0.0281. The second-order valence-corrected chi connectivity index (χ2v) is 5.05. The number of carbonyl (C=O) groups is 1. The Morgan fingerprint density at radius 3 is 2.75 bits per heavy atom. The van der Waals surface area contributed by atoms with Crippen LogP contribution in [-0.4, -0.2) is 15.9 Å². The molecule has 0 amide bonds. The average molecular weight is 274 g/mol. The first kappa shape index (κ1) is 14.2. The van der Waals surface area contributed by atoms with Crippen LogP contribution in [0.4, 0.5) is 0 Å². The molecule has 2 aromatic rings. The molecule has 0 spiro atoms. The molecular formula is C15H18N2O3. The summed E-state index contributed by atoms with van der Waals surface area (Å²) >= 11 is 0. The van der Waals surface area contributed by atoms with Gasteiger partial charge < -0.3 is 9.26 Å². The maximum Gasteiger partial charge on any atom is 0.229 e. The number of carbonyl (C=O) groups excluding carboxylic acids is 1. The third-order valence-corrected chi connectivity index (χ3v) is 2.85. The lowest BCUT2D eigenvalue weighted by Gasteiger charge is -2.08. The van der Waals surface area contributed by atoms with E-state index in [2.05, 4.69) is 10.1 Å². The molecule has 0 radical (unpaired) electrons. The van der Waals surface area contributed by atoms with Crippen molar-refractivity contribution in [3.63, 3.8) is 0 Å². The molecule has 0 aliphatic carbocycles. The highest BCUT2D eigenvalue weighted by molar-refractivity contribution is 5.97. The van der Waals surface area contributed by atoms with E-state index in [0.29, 0.717) is 23.0 Å². The first-order valence-electron chi connectivity index (χ1n) is 6.54. The van der Waals surface area contributed by atoms with Gasteiger partial charge in [0.15, 0.2) is 12.4 Å². The highest BCUT2D eigenvalue weighted by atomic mass is 16.5. The third kappa shape index (κ3) is 3.23. The molecule has 0 aliphatic heterocycles. The van der Waals surface area contributed by atoms with E-state index < -0.39 is 0 Å². The number of aryl methyl sites for hydroxylation is 1. The summed E-state index contributed by atoms with van der Waals surface area (Å²) in [5, 5.41) is 3.85.